The molecule has 2 unspecified atom stereocenters. The van der Waals surface area contributed by atoms with Crippen molar-refractivity contribution >= 4 is 23.1 Å². The van der Waals surface area contributed by atoms with Crippen LogP contribution in [0, 0.1) is 0 Å². The van der Waals surface area contributed by atoms with Gasteiger partial charge in [-0.25, -0.2) is 0 Å². The summed E-state index contributed by atoms with van der Waals surface area (Å²) >= 11 is 7.45. The smallest absolute Gasteiger partial charge is 0.0953 e. The number of nitrogens with zero attached hydrogens (tertiary/aromatic N) is 3. The quantitative estimate of drug-likeness (QED) is 0.873. The highest BCUT2D eigenvalue weighted by Crippen LogP contribution is 2.27. The fourth-order valence-electron chi connectivity index (χ4n) is 2.40. The van der Waals surface area contributed by atoms with Crippen LogP contribution < -0.4 is 0 Å². The van der Waals surface area contributed by atoms with E-state index in [-0.39, 0.29) is 6.10 Å². The zero-order chi connectivity index (χ0) is 13.9. The van der Waals surface area contributed by atoms with Crippen LogP contribution in [0.3, 0.4) is 0 Å². The molecule has 1 saturated heterocycles. The van der Waals surface area contributed by atoms with Crippen molar-refractivity contribution in [3.05, 3.63) is 45.9 Å². The van der Waals surface area contributed by atoms with Crippen LogP contribution in [0.2, 0.25) is 5.02 Å². The second-order valence-corrected chi connectivity index (χ2v) is 6.10. The van der Waals surface area contributed by atoms with Crippen molar-refractivity contribution in [2.45, 2.75) is 25.6 Å². The lowest BCUT2D eigenvalue weighted by molar-refractivity contribution is -0.0636. The van der Waals surface area contributed by atoms with Crippen molar-refractivity contribution in [3.8, 4) is 0 Å². The summed E-state index contributed by atoms with van der Waals surface area (Å²) in [6.07, 6.45) is 0.0662. The molecule has 1 aromatic heterocycles. The number of ether oxygens (including phenoxy) is 1. The molecule has 0 bridgehead atoms. The Morgan fingerprint density at radius 2 is 2.40 bits per heavy atom. The van der Waals surface area contributed by atoms with Crippen LogP contribution >= 0.6 is 23.1 Å². The highest BCUT2D eigenvalue weighted by Gasteiger charge is 2.27. The topological polar surface area (TPSA) is 38.2 Å². The first-order valence-corrected chi connectivity index (χ1v) is 7.81. The van der Waals surface area contributed by atoms with Gasteiger partial charge in [-0.1, -0.05) is 28.2 Å². The second kappa shape index (κ2) is 6.18. The summed E-state index contributed by atoms with van der Waals surface area (Å²) in [5.41, 5.74) is 2.15. The van der Waals surface area contributed by atoms with Crippen LogP contribution in [-0.2, 0) is 11.3 Å². The molecule has 0 N–H and O–H groups in total. The van der Waals surface area contributed by atoms with Crippen LogP contribution in [0.25, 0.3) is 0 Å². The van der Waals surface area contributed by atoms with Crippen LogP contribution in [0.1, 0.15) is 24.3 Å². The number of hydrogen-bond acceptors (Lipinski definition) is 5. The van der Waals surface area contributed by atoms with Crippen molar-refractivity contribution in [2.75, 3.05) is 13.2 Å². The van der Waals surface area contributed by atoms with Gasteiger partial charge in [0.2, 0.25) is 0 Å². The van der Waals surface area contributed by atoms with E-state index in [1.165, 1.54) is 11.5 Å². The standard InChI is InChI=1S/C14H16ClN3OS/c1-10-8-19-14(11-3-2-4-12(15)5-11)7-18(10)6-13-9-20-17-16-13/h2-5,9-10,14H,6-8H2,1H3. The summed E-state index contributed by atoms with van der Waals surface area (Å²) in [7, 11) is 0. The normalized spacial score (nSPS) is 23.9. The summed E-state index contributed by atoms with van der Waals surface area (Å²) in [5.74, 6) is 0. The summed E-state index contributed by atoms with van der Waals surface area (Å²) in [6.45, 7) is 4.56. The Morgan fingerprint density at radius 3 is 3.15 bits per heavy atom. The molecule has 1 aliphatic heterocycles. The van der Waals surface area contributed by atoms with Gasteiger partial charge >= 0.3 is 0 Å². The lowest BCUT2D eigenvalue weighted by Gasteiger charge is -2.37. The molecule has 1 aliphatic rings. The van der Waals surface area contributed by atoms with Crippen molar-refractivity contribution in [1.29, 1.82) is 0 Å². The van der Waals surface area contributed by atoms with Gasteiger partial charge in [-0.3, -0.25) is 4.90 Å². The molecule has 2 heterocycles. The zero-order valence-electron chi connectivity index (χ0n) is 11.2. The molecule has 0 amide bonds. The first kappa shape index (κ1) is 13.9. The molecule has 1 aromatic carbocycles. The van der Waals surface area contributed by atoms with Gasteiger partial charge < -0.3 is 4.74 Å². The summed E-state index contributed by atoms with van der Waals surface area (Å²) in [6, 6.07) is 8.27. The number of aromatic nitrogens is 2. The number of rotatable bonds is 3. The van der Waals surface area contributed by atoms with Crippen LogP contribution in [0.15, 0.2) is 29.6 Å². The molecule has 6 heteroatoms. The van der Waals surface area contributed by atoms with E-state index in [1.807, 2.05) is 23.6 Å². The van der Waals surface area contributed by atoms with Crippen molar-refractivity contribution in [2.24, 2.45) is 0 Å². The van der Waals surface area contributed by atoms with Gasteiger partial charge in [0, 0.05) is 29.5 Å². The minimum Gasteiger partial charge on any atom is -0.371 e. The average Bonchev–Trinajstić information content (AvgIpc) is 2.94. The van der Waals surface area contributed by atoms with Gasteiger partial charge in [-0.2, -0.15) is 0 Å². The third-order valence-corrected chi connectivity index (χ3v) is 4.34. The lowest BCUT2D eigenvalue weighted by Crippen LogP contribution is -2.44. The SMILES string of the molecule is CC1COC(c2cccc(Cl)c2)CN1Cc1csnn1. The minimum atomic E-state index is 0.0662. The van der Waals surface area contributed by atoms with Crippen molar-refractivity contribution in [1.82, 2.24) is 14.5 Å². The second-order valence-electron chi connectivity index (χ2n) is 5.05. The van der Waals surface area contributed by atoms with Crippen molar-refractivity contribution < 1.29 is 4.74 Å². The Kier molecular flexibility index (Phi) is 4.31. The van der Waals surface area contributed by atoms with Gasteiger partial charge in [-0.15, -0.1) is 5.10 Å². The summed E-state index contributed by atoms with van der Waals surface area (Å²) in [4.78, 5) is 2.38. The maximum absolute atomic E-state index is 6.06. The molecule has 3 rings (SSSR count). The predicted octanol–water partition coefficient (Wildman–Crippen LogP) is 3.15. The number of benzene rings is 1. The van der Waals surface area contributed by atoms with E-state index in [0.29, 0.717) is 6.04 Å². The summed E-state index contributed by atoms with van der Waals surface area (Å²) < 4.78 is 9.86. The van der Waals surface area contributed by atoms with E-state index in [9.17, 15) is 0 Å². The molecule has 1 fully saturated rings. The van der Waals surface area contributed by atoms with E-state index < -0.39 is 0 Å². The van der Waals surface area contributed by atoms with E-state index in [4.69, 9.17) is 16.3 Å². The number of morpholine rings is 1. The van der Waals surface area contributed by atoms with Gasteiger partial charge in [0.1, 0.15) is 0 Å². The third kappa shape index (κ3) is 3.17. The molecule has 4 nitrogen and oxygen atoms in total. The largest absolute Gasteiger partial charge is 0.371 e. The Labute approximate surface area is 127 Å². The molecule has 2 atom stereocenters. The molecule has 0 radical (unpaired) electrons. The van der Waals surface area contributed by atoms with E-state index >= 15 is 0 Å². The molecular formula is C14H16ClN3OS. The van der Waals surface area contributed by atoms with Crippen LogP contribution in [0.4, 0.5) is 0 Å². The molecule has 0 saturated carbocycles. The maximum atomic E-state index is 6.06. The Bertz CT molecular complexity index is 563. The van der Waals surface area contributed by atoms with E-state index in [0.717, 1.165) is 36.0 Å². The predicted molar refractivity (Wildman–Crippen MR) is 79.9 cm³/mol. The fraction of sp³-hybridized carbons (Fsp3) is 0.429. The van der Waals surface area contributed by atoms with E-state index in [1.54, 1.807) is 0 Å². The highest BCUT2D eigenvalue weighted by molar-refractivity contribution is 7.03. The average molecular weight is 310 g/mol. The zero-order valence-corrected chi connectivity index (χ0v) is 12.8. The molecule has 20 heavy (non-hydrogen) atoms. The van der Waals surface area contributed by atoms with Crippen molar-refractivity contribution in [3.63, 3.8) is 0 Å². The first-order valence-electron chi connectivity index (χ1n) is 6.59. The van der Waals surface area contributed by atoms with Gasteiger partial charge in [0.05, 0.1) is 18.4 Å². The molecule has 0 spiro atoms. The number of hydrogen-bond donors (Lipinski definition) is 0. The van der Waals surface area contributed by atoms with Gasteiger partial charge in [0.25, 0.3) is 0 Å². The highest BCUT2D eigenvalue weighted by atomic mass is 35.5. The molecule has 106 valence electrons. The lowest BCUT2D eigenvalue weighted by atomic mass is 10.1. The number of halogens is 1. The van der Waals surface area contributed by atoms with Gasteiger partial charge in [-0.05, 0) is 36.2 Å². The fourth-order valence-corrected chi connectivity index (χ4v) is 3.04. The van der Waals surface area contributed by atoms with E-state index in [2.05, 4.69) is 27.5 Å². The monoisotopic (exact) mass is 309 g/mol. The molecular weight excluding hydrogens is 294 g/mol. The Morgan fingerprint density at radius 1 is 1.50 bits per heavy atom. The van der Waals surface area contributed by atoms with Crippen LogP contribution in [-0.4, -0.2) is 33.7 Å². The summed E-state index contributed by atoms with van der Waals surface area (Å²) in [5, 5.41) is 6.87. The Balaban J connectivity index is 1.72. The Hall–Kier alpha value is -1.01. The third-order valence-electron chi connectivity index (χ3n) is 3.55. The minimum absolute atomic E-state index is 0.0662. The first-order chi connectivity index (χ1) is 9.72. The maximum Gasteiger partial charge on any atom is 0.0953 e. The molecule has 2 aromatic rings. The van der Waals surface area contributed by atoms with Crippen LogP contribution in [0.5, 0.6) is 0 Å². The van der Waals surface area contributed by atoms with Gasteiger partial charge in [0.15, 0.2) is 0 Å². The molecule has 0 aliphatic carbocycles.